The van der Waals surface area contributed by atoms with Gasteiger partial charge in [-0.3, -0.25) is 9.59 Å². The third-order valence-electron chi connectivity index (χ3n) is 7.86. The van der Waals surface area contributed by atoms with Crippen LogP contribution in [0.2, 0.25) is 0 Å². The zero-order chi connectivity index (χ0) is 29.4. The van der Waals surface area contributed by atoms with Crippen molar-refractivity contribution in [2.45, 2.75) is 78.3 Å². The number of nitrogens with zero attached hydrogens (tertiary/aromatic N) is 6. The normalized spacial score (nSPS) is 19.1. The van der Waals surface area contributed by atoms with Crippen LogP contribution in [0.4, 0.5) is 0 Å². The van der Waals surface area contributed by atoms with Crippen LogP contribution < -0.4 is 0 Å². The highest BCUT2D eigenvalue weighted by atomic mass is 32.1. The molecule has 0 aromatic carbocycles. The topological polar surface area (TPSA) is 124 Å². The lowest BCUT2D eigenvalue weighted by atomic mass is 10.1. The second-order valence-electron chi connectivity index (χ2n) is 12.1. The highest BCUT2D eigenvalue weighted by Gasteiger charge is 2.33. The summed E-state index contributed by atoms with van der Waals surface area (Å²) >= 11 is 3.14. The van der Waals surface area contributed by atoms with Crippen LogP contribution in [0.1, 0.15) is 90.0 Å². The Kier molecular flexibility index (Phi) is 8.26. The molecule has 0 saturated carbocycles. The van der Waals surface area contributed by atoms with Gasteiger partial charge in [-0.05, 0) is 37.5 Å². The molecule has 2 N–H and O–H groups in total. The van der Waals surface area contributed by atoms with Gasteiger partial charge in [0.05, 0.1) is 45.6 Å². The lowest BCUT2D eigenvalue weighted by Crippen LogP contribution is -2.31. The lowest BCUT2D eigenvalue weighted by Gasteiger charge is -2.24. The standard InChI is InChI=1S/C30H38N8O2S2/c1-17(2)11-25(39)37-9-5-7-21(37)27-31-13-19(35-27)23-15-33-29(41-23)30-34-16-24(42-30)20-14-32-28(36-20)22-8-6-10-38(22)26(40)12-18(3)4/h13-18,21-22H,5-12H2,1-4H3,(H,31,35)(H,32,36). The average Bonchev–Trinajstić information content (AvgIpc) is 3.77. The maximum absolute atomic E-state index is 12.8. The number of rotatable bonds is 9. The van der Waals surface area contributed by atoms with Gasteiger partial charge in [-0.1, -0.05) is 27.7 Å². The largest absolute Gasteiger partial charge is 0.340 e. The molecule has 6 heterocycles. The Hall–Kier alpha value is -3.38. The van der Waals surface area contributed by atoms with E-state index in [2.05, 4.69) is 57.6 Å². The van der Waals surface area contributed by atoms with E-state index in [1.165, 1.54) is 0 Å². The van der Waals surface area contributed by atoms with Crippen molar-refractivity contribution < 1.29 is 9.59 Å². The molecule has 2 aliphatic heterocycles. The fourth-order valence-electron chi connectivity index (χ4n) is 5.89. The summed E-state index contributed by atoms with van der Waals surface area (Å²) in [6, 6.07) is 0.00527. The van der Waals surface area contributed by atoms with Gasteiger partial charge in [-0.15, -0.1) is 22.7 Å². The van der Waals surface area contributed by atoms with Crippen LogP contribution in [0, 0.1) is 11.8 Å². The first kappa shape index (κ1) is 28.7. The van der Waals surface area contributed by atoms with Gasteiger partial charge < -0.3 is 19.8 Å². The molecule has 2 atom stereocenters. The van der Waals surface area contributed by atoms with E-state index < -0.39 is 0 Å². The van der Waals surface area contributed by atoms with E-state index in [0.29, 0.717) is 24.7 Å². The SMILES string of the molecule is CC(C)CC(=O)N1CCCC1c1ncc(-c2cnc(-c3ncc(-c4cnc(C5CCCN5C(=O)CC(C)C)[nH]4)s3)s2)[nH]1. The van der Waals surface area contributed by atoms with Crippen molar-refractivity contribution in [3.63, 3.8) is 0 Å². The molecule has 0 bridgehead atoms. The molecule has 10 nitrogen and oxygen atoms in total. The minimum atomic E-state index is 0.00264. The summed E-state index contributed by atoms with van der Waals surface area (Å²) in [6.07, 6.45) is 12.4. The number of carbonyl (C=O) groups is 2. The molecule has 4 aromatic rings. The van der Waals surface area contributed by atoms with Crippen molar-refractivity contribution in [2.24, 2.45) is 11.8 Å². The maximum Gasteiger partial charge on any atom is 0.223 e. The van der Waals surface area contributed by atoms with E-state index in [4.69, 9.17) is 0 Å². The van der Waals surface area contributed by atoms with Crippen LogP contribution in [0.3, 0.4) is 0 Å². The molecular weight excluding hydrogens is 569 g/mol. The summed E-state index contributed by atoms with van der Waals surface area (Å²) in [7, 11) is 0. The number of H-pyrrole nitrogens is 2. The zero-order valence-electron chi connectivity index (χ0n) is 24.6. The number of imidazole rings is 2. The molecule has 2 saturated heterocycles. The van der Waals surface area contributed by atoms with Gasteiger partial charge in [0.1, 0.15) is 11.6 Å². The number of hydrogen-bond donors (Lipinski definition) is 2. The van der Waals surface area contributed by atoms with Crippen LogP contribution in [-0.4, -0.2) is 64.6 Å². The number of likely N-dealkylation sites (tertiary alicyclic amines) is 2. The van der Waals surface area contributed by atoms with Crippen LogP contribution in [0.25, 0.3) is 31.2 Å². The third-order valence-corrected chi connectivity index (χ3v) is 10.1. The third kappa shape index (κ3) is 5.92. The predicted molar refractivity (Wildman–Crippen MR) is 165 cm³/mol. The molecule has 0 radical (unpaired) electrons. The molecule has 6 rings (SSSR count). The highest BCUT2D eigenvalue weighted by molar-refractivity contribution is 7.24. The molecule has 4 aromatic heterocycles. The predicted octanol–water partition coefficient (Wildman–Crippen LogP) is 6.47. The average molecular weight is 607 g/mol. The number of aromatic amines is 2. The van der Waals surface area contributed by atoms with Gasteiger partial charge in [-0.2, -0.15) is 0 Å². The first-order valence-corrected chi connectivity index (χ1v) is 16.5. The Morgan fingerprint density at radius 3 is 1.57 bits per heavy atom. The van der Waals surface area contributed by atoms with Gasteiger partial charge in [0, 0.05) is 38.3 Å². The molecular formula is C30H38N8O2S2. The number of aromatic nitrogens is 6. The highest BCUT2D eigenvalue weighted by Crippen LogP contribution is 2.38. The summed E-state index contributed by atoms with van der Waals surface area (Å²) in [5.41, 5.74) is 1.81. The molecule has 0 aliphatic carbocycles. The van der Waals surface area contributed by atoms with E-state index in [1.54, 1.807) is 22.7 Å². The molecule has 222 valence electrons. The van der Waals surface area contributed by atoms with Crippen LogP contribution in [0.15, 0.2) is 24.8 Å². The van der Waals surface area contributed by atoms with E-state index in [1.807, 2.05) is 34.6 Å². The van der Waals surface area contributed by atoms with Crippen LogP contribution in [0.5, 0.6) is 0 Å². The van der Waals surface area contributed by atoms with E-state index >= 15 is 0 Å². The maximum atomic E-state index is 12.8. The van der Waals surface area contributed by atoms with E-state index in [9.17, 15) is 9.59 Å². The summed E-state index contributed by atoms with van der Waals surface area (Å²) in [5, 5.41) is 1.68. The van der Waals surface area contributed by atoms with Crippen LogP contribution >= 0.6 is 22.7 Å². The van der Waals surface area contributed by atoms with Gasteiger partial charge in [-0.25, -0.2) is 19.9 Å². The second-order valence-corrected chi connectivity index (χ2v) is 14.2. The van der Waals surface area contributed by atoms with Crippen molar-refractivity contribution in [1.82, 2.24) is 39.7 Å². The Morgan fingerprint density at radius 1 is 0.738 bits per heavy atom. The molecule has 2 amide bonds. The Balaban J connectivity index is 1.14. The van der Waals surface area contributed by atoms with Gasteiger partial charge >= 0.3 is 0 Å². The summed E-state index contributed by atoms with van der Waals surface area (Å²) in [6.45, 7) is 9.89. The number of carbonyl (C=O) groups excluding carboxylic acids is 2. The Labute approximate surface area is 254 Å². The smallest absolute Gasteiger partial charge is 0.223 e. The van der Waals surface area contributed by atoms with Gasteiger partial charge in [0.25, 0.3) is 0 Å². The summed E-state index contributed by atoms with van der Waals surface area (Å²) in [4.78, 5) is 57.0. The fourth-order valence-corrected chi connectivity index (χ4v) is 7.69. The van der Waals surface area contributed by atoms with Crippen molar-refractivity contribution >= 4 is 34.5 Å². The van der Waals surface area contributed by atoms with E-state index in [0.717, 1.165) is 81.6 Å². The number of amides is 2. The number of thiazole rings is 2. The Morgan fingerprint density at radius 2 is 1.17 bits per heavy atom. The Bertz CT molecular complexity index is 1430. The first-order chi connectivity index (χ1) is 20.3. The minimum Gasteiger partial charge on any atom is -0.340 e. The van der Waals surface area contributed by atoms with Crippen molar-refractivity contribution in [1.29, 1.82) is 0 Å². The molecule has 42 heavy (non-hydrogen) atoms. The molecule has 12 heteroatoms. The summed E-state index contributed by atoms with van der Waals surface area (Å²) in [5.74, 6) is 2.77. The number of nitrogens with one attached hydrogen (secondary N) is 2. The molecule has 2 fully saturated rings. The lowest BCUT2D eigenvalue weighted by molar-refractivity contribution is -0.133. The number of hydrogen-bond acceptors (Lipinski definition) is 8. The van der Waals surface area contributed by atoms with E-state index in [-0.39, 0.29) is 23.9 Å². The first-order valence-electron chi connectivity index (χ1n) is 14.9. The fraction of sp³-hybridized carbons (Fsp3) is 0.533. The van der Waals surface area contributed by atoms with Crippen molar-refractivity contribution in [3.05, 3.63) is 36.4 Å². The van der Waals surface area contributed by atoms with Crippen molar-refractivity contribution in [3.8, 4) is 31.2 Å². The minimum absolute atomic E-state index is 0.00264. The molecule has 2 aliphatic rings. The van der Waals surface area contributed by atoms with Gasteiger partial charge in [0.2, 0.25) is 11.8 Å². The zero-order valence-corrected chi connectivity index (χ0v) is 26.2. The summed E-state index contributed by atoms with van der Waals surface area (Å²) < 4.78 is 0. The quantitative estimate of drug-likeness (QED) is 0.225. The monoisotopic (exact) mass is 606 g/mol. The molecule has 2 unspecified atom stereocenters. The van der Waals surface area contributed by atoms with Gasteiger partial charge in [0.15, 0.2) is 10.0 Å². The van der Waals surface area contributed by atoms with Crippen molar-refractivity contribution in [2.75, 3.05) is 13.1 Å². The second kappa shape index (κ2) is 12.1. The molecule has 0 spiro atoms. The van der Waals surface area contributed by atoms with Crippen LogP contribution in [-0.2, 0) is 9.59 Å².